The average molecular weight is 264 g/mol. The standard InChI is InChI=1S/C13H16N2O4/c1-8-3-2-4-9(5-8)14-13(19)15-7-10(16)6-11(15)12(17)18/h2-5,10-11,16H,6-7H2,1H3,(H,14,19)(H,17,18)/t10-,11+/m1/s1. The Morgan fingerprint density at radius 3 is 2.79 bits per heavy atom. The highest BCUT2D eigenvalue weighted by Gasteiger charge is 2.38. The zero-order chi connectivity index (χ0) is 14.0. The Hall–Kier alpha value is -2.08. The molecule has 6 heteroatoms. The summed E-state index contributed by atoms with van der Waals surface area (Å²) in [5.74, 6) is -1.10. The number of hydrogen-bond acceptors (Lipinski definition) is 3. The Balaban J connectivity index is 2.09. The minimum absolute atomic E-state index is 0.0363. The van der Waals surface area contributed by atoms with Crippen molar-refractivity contribution in [2.45, 2.75) is 25.5 Å². The minimum atomic E-state index is -1.10. The molecule has 102 valence electrons. The first kappa shape index (κ1) is 13.4. The van der Waals surface area contributed by atoms with Gasteiger partial charge in [-0.1, -0.05) is 12.1 Å². The van der Waals surface area contributed by atoms with Gasteiger partial charge in [-0.15, -0.1) is 0 Å². The third kappa shape index (κ3) is 3.03. The van der Waals surface area contributed by atoms with Crippen LogP contribution in [0.4, 0.5) is 10.5 Å². The van der Waals surface area contributed by atoms with Crippen LogP contribution in [0.3, 0.4) is 0 Å². The molecule has 0 aromatic heterocycles. The molecule has 1 heterocycles. The number of aryl methyl sites for hydroxylation is 1. The van der Waals surface area contributed by atoms with Crippen molar-refractivity contribution in [2.24, 2.45) is 0 Å². The van der Waals surface area contributed by atoms with E-state index in [9.17, 15) is 14.7 Å². The fraction of sp³-hybridized carbons (Fsp3) is 0.385. The second-order valence-electron chi connectivity index (χ2n) is 4.70. The van der Waals surface area contributed by atoms with E-state index in [4.69, 9.17) is 5.11 Å². The number of carbonyl (C=O) groups excluding carboxylic acids is 1. The zero-order valence-electron chi connectivity index (χ0n) is 10.5. The van der Waals surface area contributed by atoms with E-state index >= 15 is 0 Å². The van der Waals surface area contributed by atoms with Crippen molar-refractivity contribution in [3.8, 4) is 0 Å². The highest BCUT2D eigenvalue weighted by molar-refractivity contribution is 5.92. The number of aliphatic carboxylic acids is 1. The Bertz CT molecular complexity index is 503. The van der Waals surface area contributed by atoms with Crippen LogP contribution >= 0.6 is 0 Å². The third-order valence-corrected chi connectivity index (χ3v) is 3.09. The maximum absolute atomic E-state index is 12.0. The van der Waals surface area contributed by atoms with E-state index < -0.39 is 24.1 Å². The molecule has 6 nitrogen and oxygen atoms in total. The van der Waals surface area contributed by atoms with Gasteiger partial charge in [-0.25, -0.2) is 9.59 Å². The van der Waals surface area contributed by atoms with Crippen LogP contribution in [0.2, 0.25) is 0 Å². The number of anilines is 1. The lowest BCUT2D eigenvalue weighted by Crippen LogP contribution is -2.43. The lowest BCUT2D eigenvalue weighted by atomic mass is 10.2. The summed E-state index contributed by atoms with van der Waals surface area (Å²) >= 11 is 0. The largest absolute Gasteiger partial charge is 0.480 e. The van der Waals surface area contributed by atoms with E-state index in [1.54, 1.807) is 18.2 Å². The number of nitrogens with one attached hydrogen (secondary N) is 1. The third-order valence-electron chi connectivity index (χ3n) is 3.09. The lowest BCUT2D eigenvalue weighted by molar-refractivity contribution is -0.141. The van der Waals surface area contributed by atoms with Gasteiger partial charge in [-0.3, -0.25) is 0 Å². The highest BCUT2D eigenvalue weighted by atomic mass is 16.4. The van der Waals surface area contributed by atoms with Gasteiger partial charge in [-0.05, 0) is 24.6 Å². The van der Waals surface area contributed by atoms with Gasteiger partial charge in [0, 0.05) is 18.7 Å². The molecular weight excluding hydrogens is 248 g/mol. The quantitative estimate of drug-likeness (QED) is 0.744. The molecule has 0 radical (unpaired) electrons. The Morgan fingerprint density at radius 2 is 2.16 bits per heavy atom. The summed E-state index contributed by atoms with van der Waals surface area (Å²) in [6, 6.07) is 5.75. The van der Waals surface area contributed by atoms with Crippen LogP contribution in [0.5, 0.6) is 0 Å². The first-order valence-electron chi connectivity index (χ1n) is 6.02. The number of β-amino-alcohol motifs (C(OH)–C–C–N with tert-alkyl or cyclic N) is 1. The maximum Gasteiger partial charge on any atom is 0.326 e. The number of aliphatic hydroxyl groups is 1. The van der Waals surface area contributed by atoms with E-state index in [0.29, 0.717) is 5.69 Å². The number of likely N-dealkylation sites (tertiary alicyclic amines) is 1. The zero-order valence-corrected chi connectivity index (χ0v) is 10.5. The van der Waals surface area contributed by atoms with Crippen molar-refractivity contribution >= 4 is 17.7 Å². The van der Waals surface area contributed by atoms with E-state index in [1.807, 2.05) is 13.0 Å². The van der Waals surface area contributed by atoms with E-state index in [1.165, 1.54) is 0 Å². The predicted molar refractivity (Wildman–Crippen MR) is 69.0 cm³/mol. The molecular formula is C13H16N2O4. The Labute approximate surface area is 110 Å². The van der Waals surface area contributed by atoms with E-state index in [-0.39, 0.29) is 13.0 Å². The molecule has 0 saturated carbocycles. The molecule has 1 aliphatic rings. The molecule has 1 aromatic carbocycles. The van der Waals surface area contributed by atoms with Crippen LogP contribution in [-0.2, 0) is 4.79 Å². The summed E-state index contributed by atoms with van der Waals surface area (Å²) in [7, 11) is 0. The van der Waals surface area contributed by atoms with Crippen molar-refractivity contribution in [3.05, 3.63) is 29.8 Å². The minimum Gasteiger partial charge on any atom is -0.480 e. The van der Waals surface area contributed by atoms with Crippen molar-refractivity contribution < 1.29 is 19.8 Å². The molecule has 0 unspecified atom stereocenters. The van der Waals surface area contributed by atoms with Crippen molar-refractivity contribution in [2.75, 3.05) is 11.9 Å². The number of amides is 2. The number of hydrogen-bond donors (Lipinski definition) is 3. The summed E-state index contributed by atoms with van der Waals surface area (Å²) in [6.07, 6.45) is -0.722. The lowest BCUT2D eigenvalue weighted by Gasteiger charge is -2.21. The number of rotatable bonds is 2. The first-order valence-corrected chi connectivity index (χ1v) is 6.02. The van der Waals surface area contributed by atoms with Crippen LogP contribution in [0.25, 0.3) is 0 Å². The first-order chi connectivity index (χ1) is 8.97. The van der Waals surface area contributed by atoms with E-state index in [0.717, 1.165) is 10.5 Å². The number of urea groups is 1. The van der Waals surface area contributed by atoms with Gasteiger partial charge in [0.05, 0.1) is 6.10 Å². The molecule has 0 aliphatic carbocycles. The summed E-state index contributed by atoms with van der Waals surface area (Å²) in [4.78, 5) is 24.2. The van der Waals surface area contributed by atoms with Crippen molar-refractivity contribution in [1.82, 2.24) is 4.90 Å². The van der Waals surface area contributed by atoms with Gasteiger partial charge in [0.15, 0.2) is 0 Å². The summed E-state index contributed by atoms with van der Waals surface area (Å²) in [6.45, 7) is 1.93. The fourth-order valence-corrected chi connectivity index (χ4v) is 2.19. The Kier molecular flexibility index (Phi) is 3.71. The monoisotopic (exact) mass is 264 g/mol. The highest BCUT2D eigenvalue weighted by Crippen LogP contribution is 2.20. The SMILES string of the molecule is Cc1cccc(NC(=O)N2C[C@H](O)C[C@H]2C(=O)O)c1. The summed E-state index contributed by atoms with van der Waals surface area (Å²) in [5.41, 5.74) is 1.60. The average Bonchev–Trinajstić information content (AvgIpc) is 2.71. The van der Waals surface area contributed by atoms with Crippen LogP contribution < -0.4 is 5.32 Å². The molecule has 1 fully saturated rings. The fourth-order valence-electron chi connectivity index (χ4n) is 2.19. The summed E-state index contributed by atoms with van der Waals surface area (Å²) < 4.78 is 0. The second kappa shape index (κ2) is 5.27. The van der Waals surface area contributed by atoms with Crippen molar-refractivity contribution in [1.29, 1.82) is 0 Å². The molecule has 2 amide bonds. The number of carbonyl (C=O) groups is 2. The van der Waals surface area contributed by atoms with Gasteiger partial charge in [-0.2, -0.15) is 0 Å². The Morgan fingerprint density at radius 1 is 1.42 bits per heavy atom. The smallest absolute Gasteiger partial charge is 0.326 e. The van der Waals surface area contributed by atoms with Gasteiger partial charge in [0.2, 0.25) is 0 Å². The number of carboxylic acid groups (broad SMARTS) is 1. The van der Waals surface area contributed by atoms with Gasteiger partial charge >= 0.3 is 12.0 Å². The molecule has 2 rings (SSSR count). The van der Waals surface area contributed by atoms with Crippen LogP contribution in [0.1, 0.15) is 12.0 Å². The molecule has 3 N–H and O–H groups in total. The maximum atomic E-state index is 12.0. The topological polar surface area (TPSA) is 89.9 Å². The van der Waals surface area contributed by atoms with E-state index in [2.05, 4.69) is 5.32 Å². The normalized spacial score (nSPS) is 22.3. The van der Waals surface area contributed by atoms with Crippen LogP contribution in [-0.4, -0.2) is 45.8 Å². The van der Waals surface area contributed by atoms with Gasteiger partial charge in [0.1, 0.15) is 6.04 Å². The summed E-state index contributed by atoms with van der Waals surface area (Å²) in [5, 5.41) is 21.2. The molecule has 1 aromatic rings. The van der Waals surface area contributed by atoms with Crippen LogP contribution in [0.15, 0.2) is 24.3 Å². The van der Waals surface area contributed by atoms with Crippen molar-refractivity contribution in [3.63, 3.8) is 0 Å². The molecule has 1 aliphatic heterocycles. The molecule has 2 atom stereocenters. The number of carboxylic acids is 1. The van der Waals surface area contributed by atoms with Gasteiger partial charge in [0.25, 0.3) is 0 Å². The number of nitrogens with zero attached hydrogens (tertiary/aromatic N) is 1. The molecule has 1 saturated heterocycles. The molecule has 0 bridgehead atoms. The second-order valence-corrected chi connectivity index (χ2v) is 4.70. The molecule has 19 heavy (non-hydrogen) atoms. The molecule has 0 spiro atoms. The van der Waals surface area contributed by atoms with Gasteiger partial charge < -0.3 is 20.4 Å². The number of benzene rings is 1. The number of aliphatic hydroxyl groups excluding tert-OH is 1. The predicted octanol–water partition coefficient (Wildman–Crippen LogP) is 1.05. The van der Waals surface area contributed by atoms with Crippen LogP contribution in [0, 0.1) is 6.92 Å².